The molecule has 1 rings (SSSR count). The third kappa shape index (κ3) is 4.37. The molecule has 0 spiro atoms. The molecule has 124 valence electrons. The molecule has 0 saturated carbocycles. The standard InChI is InChI=1S/C17H26O5/c1-5-6-7-8-9-10-21-22-16-13(4)11(2)12(3)14(15(16)18)17(19)20/h18H,5-10H2,1-4H3,(H,19,20). The van der Waals surface area contributed by atoms with Crippen molar-refractivity contribution in [3.63, 3.8) is 0 Å². The lowest BCUT2D eigenvalue weighted by Crippen LogP contribution is -2.08. The molecule has 0 unspecified atom stereocenters. The smallest absolute Gasteiger partial charge is 0.339 e. The van der Waals surface area contributed by atoms with Gasteiger partial charge in [0.05, 0.1) is 6.61 Å². The number of aromatic carboxylic acids is 1. The summed E-state index contributed by atoms with van der Waals surface area (Å²) < 4.78 is 0. The number of aromatic hydroxyl groups is 1. The van der Waals surface area contributed by atoms with Crippen molar-refractivity contribution in [3.05, 3.63) is 22.3 Å². The fourth-order valence-corrected chi connectivity index (χ4v) is 2.34. The summed E-state index contributed by atoms with van der Waals surface area (Å²) in [5, 5.41) is 19.4. The number of carboxylic acids is 1. The Morgan fingerprint density at radius 1 is 1.00 bits per heavy atom. The second-order valence-electron chi connectivity index (χ2n) is 5.55. The summed E-state index contributed by atoms with van der Waals surface area (Å²) in [5.41, 5.74) is 1.86. The highest BCUT2D eigenvalue weighted by atomic mass is 17.2. The number of benzene rings is 1. The van der Waals surface area contributed by atoms with Gasteiger partial charge >= 0.3 is 5.97 Å². The van der Waals surface area contributed by atoms with Crippen LogP contribution in [0.3, 0.4) is 0 Å². The summed E-state index contributed by atoms with van der Waals surface area (Å²) in [5.74, 6) is -1.46. The Kier molecular flexibility index (Phi) is 7.18. The van der Waals surface area contributed by atoms with Crippen molar-refractivity contribution in [2.24, 2.45) is 0 Å². The first-order valence-corrected chi connectivity index (χ1v) is 7.77. The van der Waals surface area contributed by atoms with Gasteiger partial charge in [-0.05, 0) is 38.3 Å². The number of carbonyl (C=O) groups is 1. The Morgan fingerprint density at radius 2 is 1.64 bits per heavy atom. The summed E-state index contributed by atoms with van der Waals surface area (Å²) in [4.78, 5) is 21.6. The van der Waals surface area contributed by atoms with Gasteiger partial charge in [0.2, 0.25) is 5.75 Å². The molecule has 5 nitrogen and oxygen atoms in total. The second-order valence-corrected chi connectivity index (χ2v) is 5.55. The molecule has 2 N–H and O–H groups in total. The van der Waals surface area contributed by atoms with Gasteiger partial charge in [0.15, 0.2) is 5.75 Å². The summed E-state index contributed by atoms with van der Waals surface area (Å²) in [6.45, 7) is 7.81. The maximum atomic E-state index is 11.3. The van der Waals surface area contributed by atoms with Crippen LogP contribution in [0.1, 0.15) is 66.1 Å². The lowest BCUT2D eigenvalue weighted by molar-refractivity contribution is -0.208. The molecule has 1 aromatic carbocycles. The minimum atomic E-state index is -1.18. The second kappa shape index (κ2) is 8.63. The largest absolute Gasteiger partial charge is 0.504 e. The fraction of sp³-hybridized carbons (Fsp3) is 0.588. The fourth-order valence-electron chi connectivity index (χ4n) is 2.34. The average molecular weight is 310 g/mol. The van der Waals surface area contributed by atoms with Gasteiger partial charge in [-0.1, -0.05) is 32.6 Å². The third-order valence-electron chi connectivity index (χ3n) is 3.98. The van der Waals surface area contributed by atoms with E-state index in [0.717, 1.165) is 24.8 Å². The van der Waals surface area contributed by atoms with Crippen LogP contribution in [0.25, 0.3) is 0 Å². The van der Waals surface area contributed by atoms with E-state index in [1.54, 1.807) is 20.8 Å². The van der Waals surface area contributed by atoms with E-state index in [1.807, 2.05) is 0 Å². The molecule has 0 aliphatic carbocycles. The van der Waals surface area contributed by atoms with Crippen LogP contribution >= 0.6 is 0 Å². The minimum Gasteiger partial charge on any atom is -0.504 e. The van der Waals surface area contributed by atoms with Gasteiger partial charge in [-0.3, -0.25) is 0 Å². The zero-order valence-corrected chi connectivity index (χ0v) is 13.9. The molecule has 0 radical (unpaired) electrons. The van der Waals surface area contributed by atoms with Crippen molar-refractivity contribution in [2.45, 2.75) is 59.8 Å². The zero-order valence-electron chi connectivity index (χ0n) is 13.9. The predicted molar refractivity (Wildman–Crippen MR) is 84.6 cm³/mol. The van der Waals surface area contributed by atoms with E-state index in [-0.39, 0.29) is 17.1 Å². The Morgan fingerprint density at radius 3 is 2.23 bits per heavy atom. The quantitative estimate of drug-likeness (QED) is 0.404. The summed E-state index contributed by atoms with van der Waals surface area (Å²) >= 11 is 0. The minimum absolute atomic E-state index is 0.0917. The van der Waals surface area contributed by atoms with Crippen LogP contribution in [-0.4, -0.2) is 22.8 Å². The summed E-state index contributed by atoms with van der Waals surface area (Å²) in [6.07, 6.45) is 5.49. The van der Waals surface area contributed by atoms with Crippen LogP contribution in [0, 0.1) is 20.8 Å². The van der Waals surface area contributed by atoms with E-state index in [9.17, 15) is 15.0 Å². The molecule has 0 amide bonds. The van der Waals surface area contributed by atoms with Gasteiger partial charge in [0, 0.05) is 5.56 Å². The van der Waals surface area contributed by atoms with Crippen molar-refractivity contribution < 1.29 is 24.8 Å². The molecule has 0 heterocycles. The Bertz CT molecular complexity index is 523. The molecule has 0 aliphatic rings. The first kappa shape index (κ1) is 18.3. The van der Waals surface area contributed by atoms with Crippen LogP contribution < -0.4 is 4.89 Å². The molecule has 5 heteroatoms. The normalized spacial score (nSPS) is 10.7. The van der Waals surface area contributed by atoms with Crippen LogP contribution in [0.15, 0.2) is 0 Å². The lowest BCUT2D eigenvalue weighted by atomic mass is 9.96. The van der Waals surface area contributed by atoms with Crippen LogP contribution in [0.2, 0.25) is 0 Å². The number of hydrogen-bond acceptors (Lipinski definition) is 4. The number of rotatable bonds is 9. The molecular formula is C17H26O5. The van der Waals surface area contributed by atoms with E-state index in [2.05, 4.69) is 6.92 Å². The van der Waals surface area contributed by atoms with Crippen molar-refractivity contribution in [2.75, 3.05) is 6.61 Å². The molecule has 1 aromatic rings. The van der Waals surface area contributed by atoms with E-state index < -0.39 is 5.97 Å². The van der Waals surface area contributed by atoms with Gasteiger partial charge in [0.25, 0.3) is 0 Å². The van der Waals surface area contributed by atoms with Crippen LogP contribution in [-0.2, 0) is 4.89 Å². The van der Waals surface area contributed by atoms with Crippen LogP contribution in [0.4, 0.5) is 0 Å². The van der Waals surface area contributed by atoms with E-state index >= 15 is 0 Å². The topological polar surface area (TPSA) is 76.0 Å². The monoisotopic (exact) mass is 310 g/mol. The Balaban J connectivity index is 2.73. The SMILES string of the molecule is CCCCCCCOOc1c(C)c(C)c(C)c(C(=O)O)c1O. The third-order valence-corrected chi connectivity index (χ3v) is 3.98. The number of carboxylic acid groups (broad SMARTS) is 1. The van der Waals surface area contributed by atoms with Crippen LogP contribution in [0.5, 0.6) is 11.5 Å². The molecular weight excluding hydrogens is 284 g/mol. The van der Waals surface area contributed by atoms with Gasteiger partial charge < -0.3 is 15.1 Å². The molecule has 0 aliphatic heterocycles. The highest BCUT2D eigenvalue weighted by molar-refractivity contribution is 5.94. The average Bonchev–Trinajstić information content (AvgIpc) is 2.47. The molecule has 0 saturated heterocycles. The highest BCUT2D eigenvalue weighted by Crippen LogP contribution is 2.38. The van der Waals surface area contributed by atoms with Gasteiger partial charge in [-0.2, -0.15) is 4.89 Å². The van der Waals surface area contributed by atoms with Gasteiger partial charge in [-0.15, -0.1) is 0 Å². The lowest BCUT2D eigenvalue weighted by Gasteiger charge is -2.16. The molecule has 0 bridgehead atoms. The van der Waals surface area contributed by atoms with E-state index in [0.29, 0.717) is 17.7 Å². The molecule has 0 fully saturated rings. The first-order chi connectivity index (χ1) is 10.4. The zero-order chi connectivity index (χ0) is 16.7. The number of phenols is 1. The number of unbranched alkanes of at least 4 members (excludes halogenated alkanes) is 4. The van der Waals surface area contributed by atoms with Crippen molar-refractivity contribution in [1.29, 1.82) is 0 Å². The van der Waals surface area contributed by atoms with E-state index in [4.69, 9.17) is 9.78 Å². The van der Waals surface area contributed by atoms with Crippen molar-refractivity contribution in [3.8, 4) is 11.5 Å². The predicted octanol–water partition coefficient (Wildman–Crippen LogP) is 4.30. The highest BCUT2D eigenvalue weighted by Gasteiger charge is 2.23. The Labute approximate surface area is 131 Å². The number of hydrogen-bond donors (Lipinski definition) is 2. The summed E-state index contributed by atoms with van der Waals surface area (Å²) in [6, 6.07) is 0. The molecule has 0 atom stereocenters. The summed E-state index contributed by atoms with van der Waals surface area (Å²) in [7, 11) is 0. The first-order valence-electron chi connectivity index (χ1n) is 7.77. The van der Waals surface area contributed by atoms with Crippen molar-refractivity contribution in [1.82, 2.24) is 0 Å². The maximum absolute atomic E-state index is 11.3. The van der Waals surface area contributed by atoms with Crippen molar-refractivity contribution >= 4 is 5.97 Å². The Hall–Kier alpha value is -1.75. The van der Waals surface area contributed by atoms with Gasteiger partial charge in [0.1, 0.15) is 5.56 Å². The van der Waals surface area contributed by atoms with E-state index in [1.165, 1.54) is 12.8 Å². The maximum Gasteiger partial charge on any atom is 0.339 e. The molecule has 0 aromatic heterocycles. The molecule has 22 heavy (non-hydrogen) atoms. The van der Waals surface area contributed by atoms with Gasteiger partial charge in [-0.25, -0.2) is 4.79 Å².